The molecule has 0 radical (unpaired) electrons. The Morgan fingerprint density at radius 2 is 1.40 bits per heavy atom. The number of likely N-dealkylation sites (tertiary alicyclic amines) is 1. The summed E-state index contributed by atoms with van der Waals surface area (Å²) in [6.07, 6.45) is 6.46. The van der Waals surface area contributed by atoms with E-state index < -0.39 is 0 Å². The second-order valence-corrected chi connectivity index (χ2v) is 9.38. The molecule has 2 saturated heterocycles. The number of hydrogen-bond acceptors (Lipinski definition) is 3. The third-order valence-electron chi connectivity index (χ3n) is 6.98. The number of carbonyl (C=O) groups excluding carboxylic acids is 1. The lowest BCUT2D eigenvalue weighted by molar-refractivity contribution is 0.0464. The van der Waals surface area contributed by atoms with E-state index in [0.717, 1.165) is 37.9 Å². The first-order chi connectivity index (χ1) is 11.9. The van der Waals surface area contributed by atoms with E-state index in [1.165, 1.54) is 45.4 Å². The average molecular weight is 351 g/mol. The van der Waals surface area contributed by atoms with Crippen LogP contribution >= 0.6 is 0 Å². The Hall–Kier alpha value is -0.810. The second kappa shape index (κ2) is 7.83. The van der Waals surface area contributed by atoms with E-state index in [1.54, 1.807) is 7.05 Å². The minimum Gasteiger partial charge on any atom is -0.341 e. The minimum absolute atomic E-state index is 0.0814. The molecule has 3 rings (SSSR count). The molecule has 2 aliphatic heterocycles. The highest BCUT2D eigenvalue weighted by Gasteiger charge is 2.37. The summed E-state index contributed by atoms with van der Waals surface area (Å²) < 4.78 is 0. The van der Waals surface area contributed by atoms with E-state index in [4.69, 9.17) is 0 Å². The summed E-state index contributed by atoms with van der Waals surface area (Å²) in [5.74, 6) is 0.893. The molecule has 0 aromatic heterocycles. The summed E-state index contributed by atoms with van der Waals surface area (Å²) in [6.45, 7) is 13.9. The van der Waals surface area contributed by atoms with Crippen molar-refractivity contribution in [1.82, 2.24) is 20.0 Å². The zero-order valence-corrected chi connectivity index (χ0v) is 16.8. The summed E-state index contributed by atoms with van der Waals surface area (Å²) in [4.78, 5) is 19.1. The number of rotatable bonds is 2. The first-order valence-corrected chi connectivity index (χ1v) is 10.3. The molecule has 1 saturated carbocycles. The van der Waals surface area contributed by atoms with Crippen molar-refractivity contribution in [2.75, 3.05) is 46.3 Å². The number of hydrogen-bond donors (Lipinski definition) is 1. The Bertz CT molecular complexity index is 445. The van der Waals surface area contributed by atoms with Gasteiger partial charge < -0.3 is 10.2 Å². The number of amides is 2. The molecule has 2 amide bonds. The number of urea groups is 1. The lowest BCUT2D eigenvalue weighted by atomic mass is 9.79. The zero-order chi connectivity index (χ0) is 18.0. The van der Waals surface area contributed by atoms with E-state index in [2.05, 4.69) is 35.9 Å². The fraction of sp³-hybridized carbons (Fsp3) is 0.950. The van der Waals surface area contributed by atoms with Crippen molar-refractivity contribution in [2.45, 2.75) is 65.0 Å². The smallest absolute Gasteiger partial charge is 0.317 e. The molecule has 3 aliphatic rings. The van der Waals surface area contributed by atoms with Gasteiger partial charge in [-0.3, -0.25) is 9.80 Å². The Morgan fingerprint density at radius 1 is 0.840 bits per heavy atom. The molecule has 0 aromatic rings. The number of nitrogens with one attached hydrogen (secondary N) is 1. The van der Waals surface area contributed by atoms with Gasteiger partial charge in [-0.1, -0.05) is 20.8 Å². The van der Waals surface area contributed by atoms with Gasteiger partial charge in [0, 0.05) is 58.4 Å². The lowest BCUT2D eigenvalue weighted by Crippen LogP contribution is -2.55. The molecule has 2 unspecified atom stereocenters. The number of piperazine rings is 1. The normalized spacial score (nSPS) is 30.6. The van der Waals surface area contributed by atoms with E-state index in [0.29, 0.717) is 11.5 Å². The van der Waals surface area contributed by atoms with Crippen LogP contribution in [0.3, 0.4) is 0 Å². The predicted molar refractivity (Wildman–Crippen MR) is 103 cm³/mol. The van der Waals surface area contributed by atoms with Crippen molar-refractivity contribution in [3.05, 3.63) is 0 Å². The van der Waals surface area contributed by atoms with E-state index in [-0.39, 0.29) is 6.03 Å². The largest absolute Gasteiger partial charge is 0.341 e. The van der Waals surface area contributed by atoms with Crippen LogP contribution < -0.4 is 5.32 Å². The Kier molecular flexibility index (Phi) is 5.94. The van der Waals surface area contributed by atoms with E-state index >= 15 is 0 Å². The molecule has 25 heavy (non-hydrogen) atoms. The number of carbonyl (C=O) groups is 1. The van der Waals surface area contributed by atoms with Crippen molar-refractivity contribution in [2.24, 2.45) is 11.3 Å². The average Bonchev–Trinajstić information content (AvgIpc) is 3.12. The fourth-order valence-corrected chi connectivity index (χ4v) is 5.14. The Balaban J connectivity index is 1.42. The third kappa shape index (κ3) is 4.48. The van der Waals surface area contributed by atoms with Gasteiger partial charge in [0.05, 0.1) is 0 Å². The minimum atomic E-state index is 0.0814. The van der Waals surface area contributed by atoms with Gasteiger partial charge >= 0.3 is 6.03 Å². The van der Waals surface area contributed by atoms with Gasteiger partial charge in [-0.25, -0.2) is 4.79 Å². The highest BCUT2D eigenvalue weighted by molar-refractivity contribution is 5.73. The summed E-state index contributed by atoms with van der Waals surface area (Å²) >= 11 is 0. The standard InChI is InChI=1S/C20H38N4O/c1-20(2,3)16-5-6-18(15-16)23-13-11-22(12-14-23)17-7-9-24(10-8-17)19(25)21-4/h16-18H,5-15H2,1-4H3,(H,21,25). The Morgan fingerprint density at radius 3 is 1.88 bits per heavy atom. The molecule has 2 heterocycles. The van der Waals surface area contributed by atoms with Crippen molar-refractivity contribution in [1.29, 1.82) is 0 Å². The zero-order valence-electron chi connectivity index (χ0n) is 16.8. The van der Waals surface area contributed by atoms with Gasteiger partial charge in [0.25, 0.3) is 0 Å². The molecule has 144 valence electrons. The lowest BCUT2D eigenvalue weighted by Gasteiger charge is -2.44. The van der Waals surface area contributed by atoms with Gasteiger partial charge in [-0.15, -0.1) is 0 Å². The van der Waals surface area contributed by atoms with Crippen LogP contribution in [0, 0.1) is 11.3 Å². The van der Waals surface area contributed by atoms with Crippen LogP contribution in [0.4, 0.5) is 4.79 Å². The molecule has 1 aliphatic carbocycles. The monoisotopic (exact) mass is 350 g/mol. The molecule has 2 atom stereocenters. The number of nitrogens with zero attached hydrogens (tertiary/aromatic N) is 3. The van der Waals surface area contributed by atoms with Crippen LogP contribution in [0.5, 0.6) is 0 Å². The van der Waals surface area contributed by atoms with Crippen LogP contribution in [-0.4, -0.2) is 79.1 Å². The van der Waals surface area contributed by atoms with Crippen molar-refractivity contribution in [3.63, 3.8) is 0 Å². The maximum Gasteiger partial charge on any atom is 0.317 e. The fourth-order valence-electron chi connectivity index (χ4n) is 5.14. The summed E-state index contributed by atoms with van der Waals surface area (Å²) in [7, 11) is 1.72. The van der Waals surface area contributed by atoms with Crippen LogP contribution in [-0.2, 0) is 0 Å². The maximum atomic E-state index is 11.7. The molecule has 0 spiro atoms. The summed E-state index contributed by atoms with van der Waals surface area (Å²) in [5.41, 5.74) is 0.468. The molecule has 0 bridgehead atoms. The van der Waals surface area contributed by atoms with Crippen LogP contribution in [0.2, 0.25) is 0 Å². The van der Waals surface area contributed by atoms with Gasteiger partial charge in [0.15, 0.2) is 0 Å². The summed E-state index contributed by atoms with van der Waals surface area (Å²) in [5, 5.41) is 2.75. The van der Waals surface area contributed by atoms with Crippen LogP contribution in [0.1, 0.15) is 52.9 Å². The van der Waals surface area contributed by atoms with Gasteiger partial charge in [-0.2, -0.15) is 0 Å². The van der Waals surface area contributed by atoms with Gasteiger partial charge in [-0.05, 0) is 43.4 Å². The first kappa shape index (κ1) is 19.0. The number of piperidine rings is 1. The molecule has 3 fully saturated rings. The van der Waals surface area contributed by atoms with Gasteiger partial charge in [0.1, 0.15) is 0 Å². The highest BCUT2D eigenvalue weighted by Crippen LogP contribution is 2.41. The van der Waals surface area contributed by atoms with E-state index in [1.807, 2.05) is 4.90 Å². The van der Waals surface area contributed by atoms with Crippen molar-refractivity contribution in [3.8, 4) is 0 Å². The van der Waals surface area contributed by atoms with Crippen molar-refractivity contribution >= 4 is 6.03 Å². The molecular weight excluding hydrogens is 312 g/mol. The Labute approximate surface area is 154 Å². The molecular formula is C20H38N4O. The van der Waals surface area contributed by atoms with Crippen LogP contribution in [0.25, 0.3) is 0 Å². The molecule has 1 N–H and O–H groups in total. The third-order valence-corrected chi connectivity index (χ3v) is 6.98. The quantitative estimate of drug-likeness (QED) is 0.832. The SMILES string of the molecule is CNC(=O)N1CCC(N2CCN(C3CCC(C(C)(C)C)C3)CC2)CC1. The highest BCUT2D eigenvalue weighted by atomic mass is 16.2. The summed E-state index contributed by atoms with van der Waals surface area (Å²) in [6, 6.07) is 1.58. The van der Waals surface area contributed by atoms with Crippen LogP contribution in [0.15, 0.2) is 0 Å². The molecule has 0 aromatic carbocycles. The van der Waals surface area contributed by atoms with Crippen molar-refractivity contribution < 1.29 is 4.79 Å². The topological polar surface area (TPSA) is 38.8 Å². The maximum absolute atomic E-state index is 11.7. The first-order valence-electron chi connectivity index (χ1n) is 10.3. The molecule has 5 heteroatoms. The molecule has 5 nitrogen and oxygen atoms in total. The predicted octanol–water partition coefficient (Wildman–Crippen LogP) is 2.62. The van der Waals surface area contributed by atoms with E-state index in [9.17, 15) is 4.79 Å². The second-order valence-electron chi connectivity index (χ2n) is 9.38. The van der Waals surface area contributed by atoms with Gasteiger partial charge in [0.2, 0.25) is 0 Å².